The summed E-state index contributed by atoms with van der Waals surface area (Å²) in [6.45, 7) is 11.0. The molecule has 1 aliphatic rings. The van der Waals surface area contributed by atoms with E-state index in [1.807, 2.05) is 13.1 Å². The molecule has 0 aromatic heterocycles. The zero-order valence-electron chi connectivity index (χ0n) is 19.9. The lowest BCUT2D eigenvalue weighted by Gasteiger charge is -2.32. The van der Waals surface area contributed by atoms with Crippen molar-refractivity contribution in [3.05, 3.63) is 59.2 Å². The zero-order valence-corrected chi connectivity index (χ0v) is 19.9. The largest absolute Gasteiger partial charge is 0.445 e. The fourth-order valence-electron chi connectivity index (χ4n) is 3.75. The molecular formula is C26H38N2O3. The molecule has 170 valence electrons. The Morgan fingerprint density at radius 1 is 1.16 bits per heavy atom. The Balaban J connectivity index is 1.87. The number of nitrogens with zero attached hydrogens (tertiary/aromatic N) is 1. The van der Waals surface area contributed by atoms with E-state index in [-0.39, 0.29) is 29.9 Å². The van der Waals surface area contributed by atoms with Gasteiger partial charge in [-0.3, -0.25) is 9.69 Å². The van der Waals surface area contributed by atoms with Crippen molar-refractivity contribution in [1.82, 2.24) is 10.2 Å². The van der Waals surface area contributed by atoms with Gasteiger partial charge in [0.05, 0.1) is 6.04 Å². The summed E-state index contributed by atoms with van der Waals surface area (Å²) in [5.74, 6) is 0.0910. The van der Waals surface area contributed by atoms with Gasteiger partial charge in [0.25, 0.3) is 0 Å². The maximum Gasteiger partial charge on any atom is 0.407 e. The lowest BCUT2D eigenvalue weighted by atomic mass is 9.86. The first-order valence-electron chi connectivity index (χ1n) is 11.2. The molecule has 1 aromatic rings. The molecule has 0 radical (unpaired) electrons. The molecule has 1 amide bonds. The molecule has 1 aliphatic carbocycles. The molecule has 0 heterocycles. The zero-order chi connectivity index (χ0) is 23.0. The van der Waals surface area contributed by atoms with Crippen LogP contribution < -0.4 is 5.32 Å². The van der Waals surface area contributed by atoms with Crippen LogP contribution in [0, 0.1) is 0 Å². The smallest absolute Gasteiger partial charge is 0.407 e. The third-order valence-corrected chi connectivity index (χ3v) is 5.96. The summed E-state index contributed by atoms with van der Waals surface area (Å²) in [4.78, 5) is 26.4. The van der Waals surface area contributed by atoms with Crippen molar-refractivity contribution in [2.24, 2.45) is 0 Å². The summed E-state index contributed by atoms with van der Waals surface area (Å²) in [6, 6.07) is 8.42. The number of hydrogen-bond donors (Lipinski definition) is 1. The number of rotatable bonds is 9. The SMILES string of the molecule is CC(=O)[C@H](CCNC(=O)OCC1=CCCC=C1)N(C)C(C)c1ccc(C(C)(C)C)cc1. The molecule has 0 saturated carbocycles. The van der Waals surface area contributed by atoms with Gasteiger partial charge in [-0.1, -0.05) is 63.3 Å². The standard InChI is InChI=1S/C26H38N2O3/c1-19(22-12-14-23(15-13-22)26(3,4)5)28(6)24(20(2)29)16-17-27-25(30)31-18-21-10-8-7-9-11-21/h8,10-15,19,24H,7,9,16-18H2,1-6H3,(H,27,30)/t19?,24-/m0/s1. The van der Waals surface area contributed by atoms with Gasteiger partial charge in [0.2, 0.25) is 0 Å². The van der Waals surface area contributed by atoms with Crippen molar-refractivity contribution in [2.45, 2.75) is 71.4 Å². The molecule has 31 heavy (non-hydrogen) atoms. The number of ether oxygens (including phenoxy) is 1. The summed E-state index contributed by atoms with van der Waals surface area (Å²) < 4.78 is 5.27. The molecule has 2 atom stereocenters. The van der Waals surface area contributed by atoms with Crippen LogP contribution in [0.1, 0.15) is 71.0 Å². The van der Waals surface area contributed by atoms with Crippen LogP contribution in [0.15, 0.2) is 48.1 Å². The van der Waals surface area contributed by atoms with Crippen LogP contribution in [0.5, 0.6) is 0 Å². The van der Waals surface area contributed by atoms with Crippen molar-refractivity contribution in [2.75, 3.05) is 20.2 Å². The molecule has 5 nitrogen and oxygen atoms in total. The molecular weight excluding hydrogens is 388 g/mol. The number of likely N-dealkylation sites (N-methyl/N-ethyl adjacent to an activating group) is 1. The van der Waals surface area contributed by atoms with Crippen molar-refractivity contribution in [3.8, 4) is 0 Å². The van der Waals surface area contributed by atoms with Crippen LogP contribution >= 0.6 is 0 Å². The van der Waals surface area contributed by atoms with E-state index in [1.54, 1.807) is 6.92 Å². The van der Waals surface area contributed by atoms with E-state index in [0.717, 1.165) is 18.4 Å². The predicted octanol–water partition coefficient (Wildman–Crippen LogP) is 5.33. The van der Waals surface area contributed by atoms with Gasteiger partial charge in [0.15, 0.2) is 0 Å². The van der Waals surface area contributed by atoms with Crippen molar-refractivity contribution >= 4 is 11.9 Å². The predicted molar refractivity (Wildman–Crippen MR) is 126 cm³/mol. The van der Waals surface area contributed by atoms with E-state index in [9.17, 15) is 9.59 Å². The Bertz CT molecular complexity index is 803. The van der Waals surface area contributed by atoms with Gasteiger partial charge in [-0.25, -0.2) is 4.79 Å². The van der Waals surface area contributed by atoms with E-state index >= 15 is 0 Å². The van der Waals surface area contributed by atoms with Crippen molar-refractivity contribution in [3.63, 3.8) is 0 Å². The van der Waals surface area contributed by atoms with Crippen LogP contribution in [0.2, 0.25) is 0 Å². The van der Waals surface area contributed by atoms with Crippen molar-refractivity contribution in [1.29, 1.82) is 0 Å². The minimum atomic E-state index is -0.448. The average Bonchev–Trinajstić information content (AvgIpc) is 2.74. The molecule has 0 fully saturated rings. The molecule has 1 unspecified atom stereocenters. The van der Waals surface area contributed by atoms with Gasteiger partial charge in [-0.15, -0.1) is 0 Å². The lowest BCUT2D eigenvalue weighted by Crippen LogP contribution is -2.41. The Morgan fingerprint density at radius 3 is 2.39 bits per heavy atom. The van der Waals surface area contributed by atoms with E-state index < -0.39 is 6.09 Å². The second kappa shape index (κ2) is 11.3. The highest BCUT2D eigenvalue weighted by Gasteiger charge is 2.25. The molecule has 0 bridgehead atoms. The highest BCUT2D eigenvalue weighted by molar-refractivity contribution is 5.81. The van der Waals surface area contributed by atoms with E-state index in [1.165, 1.54) is 11.1 Å². The summed E-state index contributed by atoms with van der Waals surface area (Å²) in [5.41, 5.74) is 3.59. The van der Waals surface area contributed by atoms with Gasteiger partial charge >= 0.3 is 6.09 Å². The number of ketones is 1. The van der Waals surface area contributed by atoms with Gasteiger partial charge < -0.3 is 10.1 Å². The molecule has 0 spiro atoms. The first kappa shape index (κ1) is 24.9. The van der Waals surface area contributed by atoms with Gasteiger partial charge in [0.1, 0.15) is 12.4 Å². The van der Waals surface area contributed by atoms with E-state index in [2.05, 4.69) is 74.3 Å². The highest BCUT2D eigenvalue weighted by atomic mass is 16.5. The molecule has 1 aromatic carbocycles. The number of benzene rings is 1. The number of hydrogen-bond acceptors (Lipinski definition) is 4. The Hall–Kier alpha value is -2.40. The fourth-order valence-corrected chi connectivity index (χ4v) is 3.75. The monoisotopic (exact) mass is 426 g/mol. The van der Waals surface area contributed by atoms with Crippen molar-refractivity contribution < 1.29 is 14.3 Å². The van der Waals surface area contributed by atoms with Crippen LogP contribution in [-0.4, -0.2) is 43.0 Å². The maximum atomic E-state index is 12.3. The van der Waals surface area contributed by atoms with Gasteiger partial charge in [-0.2, -0.15) is 0 Å². The number of carbonyl (C=O) groups is 2. The maximum absolute atomic E-state index is 12.3. The number of carbonyl (C=O) groups excluding carboxylic acids is 2. The van der Waals surface area contributed by atoms with Crippen LogP contribution in [0.3, 0.4) is 0 Å². The number of amides is 1. The molecule has 1 N–H and O–H groups in total. The lowest BCUT2D eigenvalue weighted by molar-refractivity contribution is -0.122. The summed E-state index contributed by atoms with van der Waals surface area (Å²) in [5, 5.41) is 2.77. The fraction of sp³-hybridized carbons (Fsp3) is 0.538. The van der Waals surface area contributed by atoms with Crippen LogP contribution in [-0.2, 0) is 14.9 Å². The first-order valence-corrected chi connectivity index (χ1v) is 11.2. The van der Waals surface area contributed by atoms with Gasteiger partial charge in [0, 0.05) is 12.6 Å². The molecule has 0 aliphatic heterocycles. The topological polar surface area (TPSA) is 58.6 Å². The second-order valence-electron chi connectivity index (χ2n) is 9.39. The Kier molecular flexibility index (Phi) is 9.05. The number of allylic oxidation sites excluding steroid dienone is 2. The number of alkyl carbamates (subject to hydrolysis) is 1. The Labute approximate surface area is 187 Å². The first-order chi connectivity index (χ1) is 14.6. The quantitative estimate of drug-likeness (QED) is 0.580. The normalized spacial score (nSPS) is 15.9. The summed E-state index contributed by atoms with van der Waals surface area (Å²) in [7, 11) is 1.97. The molecule has 5 heteroatoms. The minimum absolute atomic E-state index is 0.0832. The number of Topliss-reactive ketones (excluding diaryl/α,β-unsaturated/α-hetero) is 1. The average molecular weight is 427 g/mol. The van der Waals surface area contributed by atoms with Crippen LogP contribution in [0.25, 0.3) is 0 Å². The third-order valence-electron chi connectivity index (χ3n) is 5.96. The molecule has 2 rings (SSSR count). The van der Waals surface area contributed by atoms with Crippen LogP contribution in [0.4, 0.5) is 4.79 Å². The summed E-state index contributed by atoms with van der Waals surface area (Å²) >= 11 is 0. The third kappa shape index (κ3) is 7.66. The molecule has 0 saturated heterocycles. The Morgan fingerprint density at radius 2 is 1.84 bits per heavy atom. The van der Waals surface area contributed by atoms with E-state index in [4.69, 9.17) is 4.74 Å². The second-order valence-corrected chi connectivity index (χ2v) is 9.39. The van der Waals surface area contributed by atoms with Gasteiger partial charge in [-0.05, 0) is 62.3 Å². The number of nitrogens with one attached hydrogen (secondary N) is 1. The minimum Gasteiger partial charge on any atom is -0.445 e. The summed E-state index contributed by atoms with van der Waals surface area (Å²) in [6.07, 6.45) is 8.28. The van der Waals surface area contributed by atoms with E-state index in [0.29, 0.717) is 13.0 Å². The highest BCUT2D eigenvalue weighted by Crippen LogP contribution is 2.27.